The van der Waals surface area contributed by atoms with E-state index in [1.807, 2.05) is 0 Å². The van der Waals surface area contributed by atoms with Gasteiger partial charge < -0.3 is 91.9 Å². The minimum Gasteiger partial charge on any atom is -0.477 e. The van der Waals surface area contributed by atoms with E-state index in [4.69, 9.17) is 44.9 Å². The van der Waals surface area contributed by atoms with E-state index < -0.39 is 120 Å². The number of amides is 8. The van der Waals surface area contributed by atoms with Crippen LogP contribution in [0.4, 0.5) is 0 Å². The van der Waals surface area contributed by atoms with Crippen LogP contribution in [0.15, 0.2) is 21.8 Å². The topological polar surface area (TPSA) is 503 Å². The third kappa shape index (κ3) is 23.5. The number of carboxylic acids is 1. The second kappa shape index (κ2) is 34.6. The summed E-state index contributed by atoms with van der Waals surface area (Å²) in [5, 5.41) is 34.5. The molecule has 406 valence electrons. The molecule has 0 spiro atoms. The number of rotatable bonds is 34. The first-order valence-corrected chi connectivity index (χ1v) is 23.7. The molecule has 7 atom stereocenters. The van der Waals surface area contributed by atoms with Crippen molar-refractivity contribution in [1.29, 1.82) is 0 Å². The van der Waals surface area contributed by atoms with Crippen molar-refractivity contribution < 1.29 is 62.9 Å². The van der Waals surface area contributed by atoms with Crippen LogP contribution in [0.5, 0.6) is 0 Å². The number of carbonyl (C=O) groups is 10. The summed E-state index contributed by atoms with van der Waals surface area (Å²) < 4.78 is 4.72. The summed E-state index contributed by atoms with van der Waals surface area (Å²) in [5.74, 6) is -9.51. The summed E-state index contributed by atoms with van der Waals surface area (Å²) in [6.45, 7) is 0.837. The number of nitrogens with two attached hydrogens (primary N) is 7. The van der Waals surface area contributed by atoms with Crippen LogP contribution in [0.1, 0.15) is 90.4 Å². The Kier molecular flexibility index (Phi) is 30.5. The number of aliphatic hydroxyl groups excluding tert-OH is 1. The number of nitrogens with one attached hydrogen (secondary N) is 6. The summed E-state index contributed by atoms with van der Waals surface area (Å²) in [5.41, 5.74) is 38.1. The average molecular weight is 1030 g/mol. The number of methoxy groups -OCH3 is 1. The van der Waals surface area contributed by atoms with Gasteiger partial charge >= 0.3 is 11.9 Å². The summed E-state index contributed by atoms with van der Waals surface area (Å²) in [6, 6.07) is -7.96. The van der Waals surface area contributed by atoms with Crippen LogP contribution in [0.25, 0.3) is 0 Å². The molecule has 0 radical (unpaired) electrons. The number of likely N-dealkylation sites (tertiary alicyclic amines) is 1. The fraction of sp³-hybridized carbons (Fsp3) is 0.674. The zero-order valence-electron chi connectivity index (χ0n) is 41.0. The minimum absolute atomic E-state index is 0.00454. The number of ether oxygens (including phenoxy) is 1. The van der Waals surface area contributed by atoms with Crippen molar-refractivity contribution >= 4 is 70.9 Å². The van der Waals surface area contributed by atoms with Gasteiger partial charge in [0.2, 0.25) is 35.4 Å². The van der Waals surface area contributed by atoms with Crippen LogP contribution >= 0.6 is 0 Å². The molecule has 1 rings (SSSR count). The number of unbranched alkanes of at least 4 members (excludes halogenated alkanes) is 2. The number of esters is 1. The van der Waals surface area contributed by atoms with Crippen molar-refractivity contribution in [2.24, 2.45) is 50.1 Å². The van der Waals surface area contributed by atoms with Gasteiger partial charge in [0.25, 0.3) is 11.8 Å². The zero-order chi connectivity index (χ0) is 54.3. The van der Waals surface area contributed by atoms with Gasteiger partial charge in [-0.2, -0.15) is 0 Å². The lowest BCUT2D eigenvalue weighted by molar-refractivity contribution is -0.141. The van der Waals surface area contributed by atoms with Gasteiger partial charge in [0.15, 0.2) is 5.96 Å². The van der Waals surface area contributed by atoms with Crippen molar-refractivity contribution in [2.45, 2.75) is 133 Å². The molecule has 1 aliphatic rings. The molecule has 8 amide bonds. The Morgan fingerprint density at radius 3 is 2.01 bits per heavy atom. The van der Waals surface area contributed by atoms with Crippen LogP contribution in [-0.4, -0.2) is 181 Å². The molecule has 29 nitrogen and oxygen atoms in total. The molecule has 0 bridgehead atoms. The summed E-state index contributed by atoms with van der Waals surface area (Å²) >= 11 is 0. The fourth-order valence-corrected chi connectivity index (χ4v) is 6.92. The van der Waals surface area contributed by atoms with Gasteiger partial charge in [0.1, 0.15) is 41.6 Å². The summed E-state index contributed by atoms with van der Waals surface area (Å²) in [6.07, 6.45) is 1.60. The lowest BCUT2D eigenvalue weighted by Crippen LogP contribution is -2.60. The standard InChI is InChI=1S/C43H76N16O13/c1-24(53-40(68)34(31(60)22-47)58-36(64)25(48)10-3-5-17-44)35(63)52-23-32(61)54-28(12-7-19-46)41(69)59-21-9-14-30(59)39(67)56-27(15-16-33(62)72-2)38(66)55-26(11-4-6-18-45)37(65)57-29(42(70)71)13-8-20-51-43(49)50/h13,24-27,30-31,34,60H,3-12,14-23,44-48H2,1-2H3,(H,52,63)(H,53,68)(H,55,66)(H,56,67)(H,57,65)(H,58,64)(H,70,71)(H4,49,50,51)/b29-13-,54-28?/t24-,25-,26-,27-,30-,31-,34-/m0/s1. The lowest BCUT2D eigenvalue weighted by Gasteiger charge is -2.27. The van der Waals surface area contributed by atoms with Crippen molar-refractivity contribution in [1.82, 2.24) is 36.8 Å². The summed E-state index contributed by atoms with van der Waals surface area (Å²) in [4.78, 5) is 140. The molecule has 1 aliphatic heterocycles. The highest BCUT2D eigenvalue weighted by molar-refractivity contribution is 6.40. The maximum atomic E-state index is 14.0. The molecular formula is C43H76N16O13. The number of carbonyl (C=O) groups excluding carboxylic acids is 9. The largest absolute Gasteiger partial charge is 0.477 e. The molecule has 0 aromatic heterocycles. The van der Waals surface area contributed by atoms with Gasteiger partial charge in [-0.25, -0.2) is 9.79 Å². The molecule has 1 heterocycles. The number of guanidine groups is 1. The van der Waals surface area contributed by atoms with Gasteiger partial charge in [-0.3, -0.25) is 48.1 Å². The van der Waals surface area contributed by atoms with E-state index in [1.165, 1.54) is 13.0 Å². The molecule has 22 N–H and O–H groups in total. The Balaban J connectivity index is 3.25. The van der Waals surface area contributed by atoms with E-state index in [2.05, 4.69) is 41.9 Å². The van der Waals surface area contributed by atoms with Crippen molar-refractivity contribution in [3.05, 3.63) is 11.8 Å². The quantitative estimate of drug-likeness (QED) is 0.00937. The number of hydrogen-bond acceptors (Lipinski definition) is 18. The van der Waals surface area contributed by atoms with Crippen LogP contribution in [0.3, 0.4) is 0 Å². The van der Waals surface area contributed by atoms with E-state index in [-0.39, 0.29) is 89.2 Å². The molecule has 72 heavy (non-hydrogen) atoms. The minimum atomic E-state index is -1.58. The molecule has 1 fully saturated rings. The number of hydrogen-bond donors (Lipinski definition) is 15. The average Bonchev–Trinajstić information content (AvgIpc) is 3.85. The van der Waals surface area contributed by atoms with E-state index in [0.29, 0.717) is 38.6 Å². The first-order chi connectivity index (χ1) is 34.1. The molecule has 1 saturated heterocycles. The SMILES string of the molecule is COC(=O)CC[C@H](NC(=O)[C@@H]1CCCN1C(=O)C(CCCN)=NC(=O)CNC(=O)[C@H](C)NC(=O)[C@@H](NC(=O)[C@@H](N)CCCCN)[C@@H](O)CN)C(=O)N[C@@H](CCCCN)C(=O)N/C(=C\CCN=C(N)N)C(=O)O. The van der Waals surface area contributed by atoms with Gasteiger partial charge in [-0.05, 0) is 97.2 Å². The van der Waals surface area contributed by atoms with Crippen molar-refractivity contribution in [2.75, 3.05) is 52.9 Å². The Morgan fingerprint density at radius 1 is 0.778 bits per heavy atom. The third-order valence-corrected chi connectivity index (χ3v) is 11.0. The second-order valence-electron chi connectivity index (χ2n) is 16.7. The first-order valence-electron chi connectivity index (χ1n) is 23.7. The Hall–Kier alpha value is -6.66. The van der Waals surface area contributed by atoms with Crippen molar-refractivity contribution in [3.63, 3.8) is 0 Å². The van der Waals surface area contributed by atoms with Gasteiger partial charge in [-0.15, -0.1) is 0 Å². The highest BCUT2D eigenvalue weighted by atomic mass is 16.5. The van der Waals surface area contributed by atoms with Gasteiger partial charge in [0, 0.05) is 26.1 Å². The number of aliphatic imine (C=N–C) groups is 2. The molecule has 0 saturated carbocycles. The monoisotopic (exact) mass is 1020 g/mol. The Bertz CT molecular complexity index is 1950. The van der Waals surface area contributed by atoms with Crippen LogP contribution in [0, 0.1) is 0 Å². The maximum Gasteiger partial charge on any atom is 0.352 e. The van der Waals surface area contributed by atoms with Crippen molar-refractivity contribution in [3.8, 4) is 0 Å². The molecule has 29 heteroatoms. The van der Waals surface area contributed by atoms with E-state index in [0.717, 1.165) is 12.0 Å². The lowest BCUT2D eigenvalue weighted by atomic mass is 10.1. The Labute approximate surface area is 417 Å². The molecule has 0 aromatic carbocycles. The summed E-state index contributed by atoms with van der Waals surface area (Å²) in [7, 11) is 1.12. The van der Waals surface area contributed by atoms with Crippen LogP contribution in [-0.2, 0) is 52.7 Å². The fourth-order valence-electron chi connectivity index (χ4n) is 6.92. The molecule has 0 aliphatic carbocycles. The Morgan fingerprint density at radius 2 is 1.42 bits per heavy atom. The predicted molar refractivity (Wildman–Crippen MR) is 261 cm³/mol. The zero-order valence-corrected chi connectivity index (χ0v) is 41.0. The molecule has 0 unspecified atom stereocenters. The van der Waals surface area contributed by atoms with E-state index in [9.17, 15) is 58.2 Å². The normalized spacial score (nSPS) is 16.1. The third-order valence-electron chi connectivity index (χ3n) is 11.0. The number of carboxylic acid groups (broad SMARTS) is 1. The molecular weight excluding hydrogens is 949 g/mol. The number of aliphatic hydroxyl groups is 1. The van der Waals surface area contributed by atoms with Gasteiger partial charge in [0.05, 0.1) is 25.8 Å². The number of aliphatic carboxylic acids is 1. The van der Waals surface area contributed by atoms with E-state index in [1.54, 1.807) is 0 Å². The first kappa shape index (κ1) is 63.4. The highest BCUT2D eigenvalue weighted by Crippen LogP contribution is 2.20. The van der Waals surface area contributed by atoms with Crippen LogP contribution in [0.2, 0.25) is 0 Å². The maximum absolute atomic E-state index is 14.0. The second-order valence-corrected chi connectivity index (χ2v) is 16.7. The predicted octanol–water partition coefficient (Wildman–Crippen LogP) is -6.63. The van der Waals surface area contributed by atoms with Gasteiger partial charge in [-0.1, -0.05) is 12.5 Å². The highest BCUT2D eigenvalue weighted by Gasteiger charge is 2.38. The smallest absolute Gasteiger partial charge is 0.352 e. The molecule has 0 aromatic rings. The number of nitrogens with zero attached hydrogens (tertiary/aromatic N) is 3. The van der Waals surface area contributed by atoms with Crippen LogP contribution < -0.4 is 72.0 Å². The van der Waals surface area contributed by atoms with E-state index >= 15 is 0 Å².